The van der Waals surface area contributed by atoms with Gasteiger partial charge in [0.2, 0.25) is 0 Å². The number of nitrogens with two attached hydrogens (primary N) is 1. The molecule has 1 aromatic heterocycles. The van der Waals surface area contributed by atoms with Crippen molar-refractivity contribution >= 4 is 40.4 Å². The molecule has 0 unspecified atom stereocenters. The minimum atomic E-state index is -0.134. The van der Waals surface area contributed by atoms with Gasteiger partial charge in [-0.05, 0) is 30.3 Å². The summed E-state index contributed by atoms with van der Waals surface area (Å²) in [5, 5.41) is 3.74. The molecule has 0 bridgehead atoms. The molecule has 0 aliphatic rings. The molecule has 112 valence electrons. The first-order valence-electron chi connectivity index (χ1n) is 6.34. The van der Waals surface area contributed by atoms with Gasteiger partial charge in [0.25, 0.3) is 5.91 Å². The Morgan fingerprint density at radius 3 is 2.62 bits per heavy atom. The quantitative estimate of drug-likeness (QED) is 0.906. The van der Waals surface area contributed by atoms with Gasteiger partial charge in [-0.25, -0.2) is 4.98 Å². The monoisotopic (exact) mass is 343 g/mol. The van der Waals surface area contributed by atoms with Crippen LogP contribution in [0.15, 0.2) is 23.6 Å². The lowest BCUT2D eigenvalue weighted by molar-refractivity contribution is 0.0780. The van der Waals surface area contributed by atoms with Crippen LogP contribution in [0.5, 0.6) is 0 Å². The zero-order valence-electron chi connectivity index (χ0n) is 11.5. The molecular weight excluding hydrogens is 329 g/mol. The van der Waals surface area contributed by atoms with E-state index in [1.165, 1.54) is 11.3 Å². The Labute approximate surface area is 137 Å². The topological polar surface area (TPSA) is 59.2 Å². The number of hydrogen-bond acceptors (Lipinski definition) is 4. The molecule has 0 aliphatic heterocycles. The third kappa shape index (κ3) is 4.41. The standard InChI is InChI=1S/C14H15Cl2N3OS/c1-19(7-9-4-10(15)6-11(16)5-9)14(20)12-8-21-13(18-12)2-3-17/h4-6,8H,2-3,7,17H2,1H3. The lowest BCUT2D eigenvalue weighted by Crippen LogP contribution is -2.26. The van der Waals surface area contributed by atoms with E-state index in [0.29, 0.717) is 35.2 Å². The number of halogens is 2. The van der Waals surface area contributed by atoms with E-state index >= 15 is 0 Å². The predicted octanol–water partition coefficient (Wildman–Crippen LogP) is 3.22. The Bertz CT molecular complexity index is 625. The maximum Gasteiger partial charge on any atom is 0.273 e. The van der Waals surface area contributed by atoms with Gasteiger partial charge in [-0.3, -0.25) is 4.79 Å². The van der Waals surface area contributed by atoms with Crippen LogP contribution in [-0.2, 0) is 13.0 Å². The Kier molecular flexibility index (Phi) is 5.58. The molecular formula is C14H15Cl2N3OS. The molecule has 1 aromatic carbocycles. The minimum absolute atomic E-state index is 0.134. The van der Waals surface area contributed by atoms with Crippen LogP contribution in [0.25, 0.3) is 0 Å². The number of carbonyl (C=O) groups excluding carboxylic acids is 1. The smallest absolute Gasteiger partial charge is 0.273 e. The van der Waals surface area contributed by atoms with Crippen molar-refractivity contribution in [3.8, 4) is 0 Å². The van der Waals surface area contributed by atoms with Crippen LogP contribution >= 0.6 is 34.5 Å². The molecule has 0 atom stereocenters. The van der Waals surface area contributed by atoms with E-state index in [-0.39, 0.29) is 5.91 Å². The zero-order valence-corrected chi connectivity index (χ0v) is 13.8. The van der Waals surface area contributed by atoms with Gasteiger partial charge in [0.15, 0.2) is 0 Å². The fourth-order valence-corrected chi connectivity index (χ4v) is 3.25. The molecule has 2 N–H and O–H groups in total. The molecule has 1 heterocycles. The molecule has 2 rings (SSSR count). The van der Waals surface area contributed by atoms with Crippen LogP contribution in [0.1, 0.15) is 21.1 Å². The molecule has 0 saturated heterocycles. The van der Waals surface area contributed by atoms with Crippen LogP contribution < -0.4 is 5.73 Å². The van der Waals surface area contributed by atoms with E-state index in [1.54, 1.807) is 35.5 Å². The number of amides is 1. The molecule has 0 aliphatic carbocycles. The van der Waals surface area contributed by atoms with Gasteiger partial charge in [-0.1, -0.05) is 23.2 Å². The summed E-state index contributed by atoms with van der Waals surface area (Å²) in [7, 11) is 1.72. The molecule has 0 spiro atoms. The number of benzene rings is 1. The molecule has 21 heavy (non-hydrogen) atoms. The van der Waals surface area contributed by atoms with Crippen molar-refractivity contribution in [2.45, 2.75) is 13.0 Å². The van der Waals surface area contributed by atoms with E-state index in [1.807, 2.05) is 0 Å². The van der Waals surface area contributed by atoms with E-state index < -0.39 is 0 Å². The van der Waals surface area contributed by atoms with Gasteiger partial charge in [-0.15, -0.1) is 11.3 Å². The van der Waals surface area contributed by atoms with Gasteiger partial charge >= 0.3 is 0 Å². The summed E-state index contributed by atoms with van der Waals surface area (Å²) in [5.74, 6) is -0.134. The average Bonchev–Trinajstić information content (AvgIpc) is 2.85. The van der Waals surface area contributed by atoms with Crippen molar-refractivity contribution in [2.24, 2.45) is 5.73 Å². The number of rotatable bonds is 5. The highest BCUT2D eigenvalue weighted by Gasteiger charge is 2.16. The number of hydrogen-bond donors (Lipinski definition) is 1. The number of thiazole rings is 1. The SMILES string of the molecule is CN(Cc1cc(Cl)cc(Cl)c1)C(=O)c1csc(CCN)n1. The van der Waals surface area contributed by atoms with Crippen LogP contribution in [0, 0.1) is 0 Å². The highest BCUT2D eigenvalue weighted by molar-refractivity contribution is 7.09. The lowest BCUT2D eigenvalue weighted by atomic mass is 10.2. The summed E-state index contributed by atoms with van der Waals surface area (Å²) in [6.07, 6.45) is 0.686. The molecule has 0 fully saturated rings. The predicted molar refractivity (Wildman–Crippen MR) is 87.1 cm³/mol. The second-order valence-electron chi connectivity index (χ2n) is 4.60. The minimum Gasteiger partial charge on any atom is -0.336 e. The van der Waals surface area contributed by atoms with Gasteiger partial charge in [0, 0.05) is 35.4 Å². The Hall–Kier alpha value is -1.14. The van der Waals surface area contributed by atoms with Crippen molar-refractivity contribution in [3.05, 3.63) is 49.9 Å². The van der Waals surface area contributed by atoms with Crippen LogP contribution in [0.4, 0.5) is 0 Å². The fourth-order valence-electron chi connectivity index (χ4n) is 1.89. The maximum atomic E-state index is 12.3. The van der Waals surface area contributed by atoms with Gasteiger partial charge in [0.05, 0.1) is 5.01 Å². The molecule has 7 heteroatoms. The number of carbonyl (C=O) groups is 1. The third-order valence-corrected chi connectivity index (χ3v) is 4.16. The summed E-state index contributed by atoms with van der Waals surface area (Å²) in [6.45, 7) is 0.945. The molecule has 1 amide bonds. The lowest BCUT2D eigenvalue weighted by Gasteiger charge is -2.16. The summed E-state index contributed by atoms with van der Waals surface area (Å²) in [6, 6.07) is 5.24. The van der Waals surface area contributed by atoms with Crippen molar-refractivity contribution < 1.29 is 4.79 Å². The zero-order chi connectivity index (χ0) is 15.4. The second-order valence-corrected chi connectivity index (χ2v) is 6.42. The molecule has 0 radical (unpaired) electrons. The average molecular weight is 344 g/mol. The van der Waals surface area contributed by atoms with Crippen molar-refractivity contribution in [3.63, 3.8) is 0 Å². The maximum absolute atomic E-state index is 12.3. The van der Waals surface area contributed by atoms with Crippen molar-refractivity contribution in [1.82, 2.24) is 9.88 Å². The van der Waals surface area contributed by atoms with E-state index in [0.717, 1.165) is 10.6 Å². The van der Waals surface area contributed by atoms with Crippen LogP contribution in [0.3, 0.4) is 0 Å². The molecule has 4 nitrogen and oxygen atoms in total. The highest BCUT2D eigenvalue weighted by Crippen LogP contribution is 2.20. The van der Waals surface area contributed by atoms with Crippen molar-refractivity contribution in [1.29, 1.82) is 0 Å². The van der Waals surface area contributed by atoms with E-state index in [4.69, 9.17) is 28.9 Å². The highest BCUT2D eigenvalue weighted by atomic mass is 35.5. The first-order chi connectivity index (χ1) is 9.99. The summed E-state index contributed by atoms with van der Waals surface area (Å²) in [4.78, 5) is 18.2. The third-order valence-electron chi connectivity index (χ3n) is 2.82. The molecule has 0 saturated carbocycles. The summed E-state index contributed by atoms with van der Waals surface area (Å²) < 4.78 is 0. The molecule has 2 aromatic rings. The van der Waals surface area contributed by atoms with Gasteiger partial charge < -0.3 is 10.6 Å². The van der Waals surface area contributed by atoms with Gasteiger partial charge in [-0.2, -0.15) is 0 Å². The normalized spacial score (nSPS) is 10.7. The first kappa shape index (κ1) is 16.2. The van der Waals surface area contributed by atoms with Crippen LogP contribution in [0.2, 0.25) is 10.0 Å². The van der Waals surface area contributed by atoms with Crippen LogP contribution in [-0.4, -0.2) is 29.4 Å². The first-order valence-corrected chi connectivity index (χ1v) is 7.98. The second kappa shape index (κ2) is 7.22. The fraction of sp³-hybridized carbons (Fsp3) is 0.286. The Balaban J connectivity index is 2.07. The van der Waals surface area contributed by atoms with Crippen molar-refractivity contribution in [2.75, 3.05) is 13.6 Å². The van der Waals surface area contributed by atoms with E-state index in [9.17, 15) is 4.79 Å². The van der Waals surface area contributed by atoms with Gasteiger partial charge in [0.1, 0.15) is 5.69 Å². The Morgan fingerprint density at radius 2 is 2.00 bits per heavy atom. The number of aromatic nitrogens is 1. The largest absolute Gasteiger partial charge is 0.336 e. The summed E-state index contributed by atoms with van der Waals surface area (Å²) in [5.41, 5.74) is 6.80. The Morgan fingerprint density at radius 1 is 1.33 bits per heavy atom. The number of nitrogens with zero attached hydrogens (tertiary/aromatic N) is 2. The van der Waals surface area contributed by atoms with E-state index in [2.05, 4.69) is 4.98 Å². The summed E-state index contributed by atoms with van der Waals surface area (Å²) >= 11 is 13.4.